The van der Waals surface area contributed by atoms with E-state index in [9.17, 15) is 9.59 Å². The second-order valence-electron chi connectivity index (χ2n) is 3.18. The van der Waals surface area contributed by atoms with Crippen LogP contribution in [0.15, 0.2) is 24.3 Å². The summed E-state index contributed by atoms with van der Waals surface area (Å²) < 4.78 is 0. The molecule has 0 atom stereocenters. The minimum atomic E-state index is -0.415. The zero-order valence-corrected chi connectivity index (χ0v) is 8.56. The second-order valence-corrected chi connectivity index (χ2v) is 3.18. The van der Waals surface area contributed by atoms with E-state index >= 15 is 0 Å². The van der Waals surface area contributed by atoms with Gasteiger partial charge in [-0.05, 0) is 17.7 Å². The van der Waals surface area contributed by atoms with Gasteiger partial charge < -0.3 is 16.3 Å². The van der Waals surface area contributed by atoms with Crippen LogP contribution in [0.1, 0.15) is 15.9 Å². The fourth-order valence-corrected chi connectivity index (χ4v) is 1.20. The number of rotatable bonds is 5. The van der Waals surface area contributed by atoms with E-state index in [0.29, 0.717) is 5.56 Å². The largest absolute Gasteiger partial charge is 0.369 e. The van der Waals surface area contributed by atoms with Gasteiger partial charge in [0.15, 0.2) is 0 Å². The monoisotopic (exact) mass is 223 g/mol. The van der Waals surface area contributed by atoms with Crippen molar-refractivity contribution in [2.24, 2.45) is 5.73 Å². The average Bonchev–Trinajstić information content (AvgIpc) is 2.26. The van der Waals surface area contributed by atoms with Gasteiger partial charge in [-0.1, -0.05) is 12.1 Å². The number of nitrogens with one attached hydrogen (secondary N) is 2. The molecule has 0 aliphatic rings. The summed E-state index contributed by atoms with van der Waals surface area (Å²) in [6.45, 7) is -0.0259. The van der Waals surface area contributed by atoms with Crippen molar-refractivity contribution in [2.45, 2.75) is 6.42 Å². The number of hydroxylamine groups is 1. The lowest BCUT2D eigenvalue weighted by Gasteiger charge is -2.04. The number of carbonyl (C=O) groups excluding carboxylic acids is 2. The molecule has 0 aromatic heterocycles. The van der Waals surface area contributed by atoms with Gasteiger partial charge in [-0.2, -0.15) is 5.48 Å². The van der Waals surface area contributed by atoms with Gasteiger partial charge in [-0.25, -0.2) is 0 Å². The molecule has 2 amide bonds. The molecule has 0 bridgehead atoms. The van der Waals surface area contributed by atoms with Gasteiger partial charge >= 0.3 is 0 Å². The Morgan fingerprint density at radius 1 is 1.25 bits per heavy atom. The third kappa shape index (κ3) is 3.68. The van der Waals surface area contributed by atoms with Crippen LogP contribution in [0.2, 0.25) is 0 Å². The molecule has 1 rings (SSSR count). The second kappa shape index (κ2) is 5.84. The number of nitrogens with two attached hydrogens (primary N) is 1. The van der Waals surface area contributed by atoms with Gasteiger partial charge in [-0.15, -0.1) is 0 Å². The summed E-state index contributed by atoms with van der Waals surface area (Å²) in [5, 5.41) is 10.7. The van der Waals surface area contributed by atoms with Crippen LogP contribution >= 0.6 is 0 Å². The highest BCUT2D eigenvalue weighted by molar-refractivity contribution is 5.94. The van der Waals surface area contributed by atoms with Gasteiger partial charge in [0.2, 0.25) is 5.91 Å². The van der Waals surface area contributed by atoms with Crippen molar-refractivity contribution in [3.05, 3.63) is 35.4 Å². The summed E-state index contributed by atoms with van der Waals surface area (Å²) >= 11 is 0. The van der Waals surface area contributed by atoms with Crippen LogP contribution in [0.25, 0.3) is 0 Å². The van der Waals surface area contributed by atoms with Crippen molar-refractivity contribution in [1.29, 1.82) is 0 Å². The van der Waals surface area contributed by atoms with E-state index in [1.54, 1.807) is 24.3 Å². The zero-order chi connectivity index (χ0) is 12.0. The Hall–Kier alpha value is -1.92. The smallest absolute Gasteiger partial charge is 0.252 e. The predicted molar refractivity (Wildman–Crippen MR) is 56.6 cm³/mol. The minimum Gasteiger partial charge on any atom is -0.369 e. The Morgan fingerprint density at radius 2 is 1.88 bits per heavy atom. The van der Waals surface area contributed by atoms with E-state index in [1.807, 2.05) is 5.48 Å². The lowest BCUT2D eigenvalue weighted by molar-refractivity contribution is -0.117. The van der Waals surface area contributed by atoms with E-state index < -0.39 is 5.91 Å². The van der Waals surface area contributed by atoms with E-state index in [0.717, 1.165) is 5.56 Å². The lowest BCUT2D eigenvalue weighted by Crippen LogP contribution is -2.31. The molecule has 6 heteroatoms. The molecule has 6 nitrogen and oxygen atoms in total. The maximum atomic E-state index is 11.4. The first kappa shape index (κ1) is 12.2. The van der Waals surface area contributed by atoms with Crippen LogP contribution in [0.4, 0.5) is 0 Å². The van der Waals surface area contributed by atoms with Crippen molar-refractivity contribution in [1.82, 2.24) is 10.8 Å². The minimum absolute atomic E-state index is 0.0259. The van der Waals surface area contributed by atoms with Crippen molar-refractivity contribution in [3.8, 4) is 0 Å². The summed E-state index contributed by atoms with van der Waals surface area (Å²) in [6, 6.07) is 6.49. The molecule has 0 heterocycles. The topological polar surface area (TPSA) is 104 Å². The molecular formula is C10H13N3O3. The Balaban J connectivity index is 2.63. The first-order chi connectivity index (χ1) is 7.63. The highest BCUT2D eigenvalue weighted by Crippen LogP contribution is 2.04. The third-order valence-corrected chi connectivity index (χ3v) is 1.92. The van der Waals surface area contributed by atoms with Gasteiger partial charge in [-0.3, -0.25) is 9.59 Å². The Morgan fingerprint density at radius 3 is 2.38 bits per heavy atom. The number of benzene rings is 1. The molecule has 86 valence electrons. The van der Waals surface area contributed by atoms with Crippen LogP contribution in [0.5, 0.6) is 0 Å². The van der Waals surface area contributed by atoms with Crippen LogP contribution in [0, 0.1) is 0 Å². The first-order valence-electron chi connectivity index (χ1n) is 4.66. The van der Waals surface area contributed by atoms with Crippen molar-refractivity contribution < 1.29 is 14.8 Å². The summed E-state index contributed by atoms with van der Waals surface area (Å²) in [4.78, 5) is 22.0. The molecule has 16 heavy (non-hydrogen) atoms. The summed E-state index contributed by atoms with van der Waals surface area (Å²) in [6.07, 6.45) is 0.153. The molecule has 0 radical (unpaired) electrons. The highest BCUT2D eigenvalue weighted by Gasteiger charge is 2.04. The number of carbonyl (C=O) groups is 2. The Bertz CT molecular complexity index is 375. The Kier molecular flexibility index (Phi) is 4.43. The lowest BCUT2D eigenvalue weighted by atomic mass is 10.1. The molecule has 1 aromatic carbocycles. The summed E-state index contributed by atoms with van der Waals surface area (Å²) in [5.74, 6) is -0.728. The van der Waals surface area contributed by atoms with Gasteiger partial charge in [0, 0.05) is 5.56 Å². The van der Waals surface area contributed by atoms with E-state index in [-0.39, 0.29) is 19.0 Å². The quantitative estimate of drug-likeness (QED) is 0.394. The van der Waals surface area contributed by atoms with Crippen molar-refractivity contribution >= 4 is 11.8 Å². The number of hydrogen-bond donors (Lipinski definition) is 4. The molecule has 0 fully saturated rings. The SMILES string of the molecule is NC(=O)Cc1ccc(C(=O)NCNO)cc1. The van der Waals surface area contributed by atoms with Crippen LogP contribution in [-0.4, -0.2) is 23.7 Å². The maximum Gasteiger partial charge on any atom is 0.252 e. The van der Waals surface area contributed by atoms with Gasteiger partial charge in [0.25, 0.3) is 5.91 Å². The number of hydrogen-bond acceptors (Lipinski definition) is 4. The fourth-order valence-electron chi connectivity index (χ4n) is 1.20. The van der Waals surface area contributed by atoms with Crippen LogP contribution < -0.4 is 16.5 Å². The van der Waals surface area contributed by atoms with E-state index in [1.165, 1.54) is 0 Å². The Labute approximate surface area is 92.4 Å². The molecule has 5 N–H and O–H groups in total. The molecule has 1 aromatic rings. The average molecular weight is 223 g/mol. The molecule has 0 aliphatic heterocycles. The summed E-state index contributed by atoms with van der Waals surface area (Å²) in [7, 11) is 0. The standard InChI is InChI=1S/C10H13N3O3/c11-9(14)5-7-1-3-8(4-2-7)10(15)12-6-13-16/h1-4,13,16H,5-6H2,(H2,11,14)(H,12,15). The van der Waals surface area contributed by atoms with Crippen LogP contribution in [0.3, 0.4) is 0 Å². The van der Waals surface area contributed by atoms with Crippen LogP contribution in [-0.2, 0) is 11.2 Å². The molecule has 0 spiro atoms. The van der Waals surface area contributed by atoms with E-state index in [2.05, 4.69) is 5.32 Å². The third-order valence-electron chi connectivity index (χ3n) is 1.92. The molecular weight excluding hydrogens is 210 g/mol. The van der Waals surface area contributed by atoms with Crippen molar-refractivity contribution in [2.75, 3.05) is 6.67 Å². The van der Waals surface area contributed by atoms with Gasteiger partial charge in [0.1, 0.15) is 0 Å². The molecule has 0 saturated heterocycles. The summed E-state index contributed by atoms with van der Waals surface area (Å²) in [5.41, 5.74) is 8.05. The highest BCUT2D eigenvalue weighted by atomic mass is 16.5. The van der Waals surface area contributed by atoms with Crippen molar-refractivity contribution in [3.63, 3.8) is 0 Å². The maximum absolute atomic E-state index is 11.4. The molecule has 0 unspecified atom stereocenters. The normalized spacial score (nSPS) is 9.81. The fraction of sp³-hybridized carbons (Fsp3) is 0.200. The van der Waals surface area contributed by atoms with Gasteiger partial charge in [0.05, 0.1) is 13.1 Å². The first-order valence-corrected chi connectivity index (χ1v) is 4.66. The molecule has 0 saturated carbocycles. The van der Waals surface area contributed by atoms with E-state index in [4.69, 9.17) is 10.9 Å². The predicted octanol–water partition coefficient (Wildman–Crippen LogP) is -0.619. The molecule has 0 aliphatic carbocycles. The number of primary amides is 1. The number of amides is 2. The zero-order valence-electron chi connectivity index (χ0n) is 8.56.